The summed E-state index contributed by atoms with van der Waals surface area (Å²) in [4.78, 5) is 24.2. The molecule has 0 aromatic carbocycles. The molecule has 7 heteroatoms. The van der Waals surface area contributed by atoms with Crippen molar-refractivity contribution in [3.05, 3.63) is 0 Å². The number of nitrogens with one attached hydrogen (secondary N) is 1. The number of esters is 1. The highest BCUT2D eigenvalue weighted by atomic mass is 32.2. The second kappa shape index (κ2) is 6.25. The molecule has 1 N–H and O–H groups in total. The molecule has 5 fully saturated rings. The predicted molar refractivity (Wildman–Crippen MR) is 91.4 cm³/mol. The van der Waals surface area contributed by atoms with E-state index < -0.39 is 15.7 Å². The second-order valence-electron chi connectivity index (χ2n) is 8.92. The molecule has 4 bridgehead atoms. The maximum atomic E-state index is 12.3. The Kier molecular flexibility index (Phi) is 4.33. The molecule has 0 spiro atoms. The Morgan fingerprint density at radius 1 is 1.04 bits per heavy atom. The number of carbonyl (C=O) groups is 2. The lowest BCUT2D eigenvalue weighted by Gasteiger charge is -2.56. The largest absolute Gasteiger partial charge is 0.456 e. The van der Waals surface area contributed by atoms with Gasteiger partial charge in [-0.05, 0) is 68.1 Å². The van der Waals surface area contributed by atoms with Gasteiger partial charge in [0.1, 0.15) is 0 Å². The first-order valence-corrected chi connectivity index (χ1v) is 11.3. The van der Waals surface area contributed by atoms with Gasteiger partial charge in [-0.1, -0.05) is 0 Å². The molecule has 4 aliphatic carbocycles. The molecule has 0 aromatic rings. The van der Waals surface area contributed by atoms with Crippen LogP contribution in [0.15, 0.2) is 0 Å². The summed E-state index contributed by atoms with van der Waals surface area (Å²) >= 11 is 0. The summed E-state index contributed by atoms with van der Waals surface area (Å²) in [5.74, 6) is 1.77. The Bertz CT molecular complexity index is 636. The fraction of sp³-hybridized carbons (Fsp3) is 0.889. The summed E-state index contributed by atoms with van der Waals surface area (Å²) < 4.78 is 28.0. The molecule has 1 aliphatic heterocycles. The Balaban J connectivity index is 1.24. The third-order valence-electron chi connectivity index (χ3n) is 6.65. The summed E-state index contributed by atoms with van der Waals surface area (Å²) in [7, 11) is -3.03. The van der Waals surface area contributed by atoms with Gasteiger partial charge < -0.3 is 10.1 Å². The molecule has 140 valence electrons. The van der Waals surface area contributed by atoms with Gasteiger partial charge in [0.15, 0.2) is 16.4 Å². The van der Waals surface area contributed by atoms with Crippen molar-refractivity contribution in [3.63, 3.8) is 0 Å². The van der Waals surface area contributed by atoms with E-state index in [0.717, 1.165) is 37.0 Å². The first kappa shape index (κ1) is 17.3. The molecule has 1 saturated heterocycles. The predicted octanol–water partition coefficient (Wildman–Crippen LogP) is 1.44. The van der Waals surface area contributed by atoms with E-state index in [1.54, 1.807) is 0 Å². The van der Waals surface area contributed by atoms with Gasteiger partial charge in [0.25, 0.3) is 5.91 Å². The summed E-state index contributed by atoms with van der Waals surface area (Å²) in [6.07, 6.45) is 8.29. The molecular weight excluding hydrogens is 342 g/mol. The summed E-state index contributed by atoms with van der Waals surface area (Å²) in [6.45, 7) is -0.304. The van der Waals surface area contributed by atoms with E-state index in [2.05, 4.69) is 5.32 Å². The first-order valence-electron chi connectivity index (χ1n) is 9.46. The molecular formula is C18H27NO5S. The van der Waals surface area contributed by atoms with Gasteiger partial charge in [-0.2, -0.15) is 0 Å². The normalized spacial score (nSPS) is 40.8. The van der Waals surface area contributed by atoms with Crippen LogP contribution in [0, 0.1) is 23.2 Å². The number of sulfone groups is 1. The highest BCUT2D eigenvalue weighted by Gasteiger charge is 2.51. The molecule has 1 amide bonds. The number of hydrogen-bond donors (Lipinski definition) is 1. The molecule has 5 rings (SSSR count). The molecule has 1 atom stereocenters. The van der Waals surface area contributed by atoms with E-state index >= 15 is 0 Å². The smallest absolute Gasteiger partial charge is 0.306 e. The van der Waals surface area contributed by atoms with Crippen molar-refractivity contribution < 1.29 is 22.7 Å². The number of amides is 1. The zero-order chi connectivity index (χ0) is 17.7. The summed E-state index contributed by atoms with van der Waals surface area (Å²) in [6, 6.07) is -0.348. The van der Waals surface area contributed by atoms with Gasteiger partial charge in [0.05, 0.1) is 17.9 Å². The second-order valence-corrected chi connectivity index (χ2v) is 11.2. The lowest BCUT2D eigenvalue weighted by atomic mass is 9.49. The number of ether oxygens (including phenoxy) is 1. The van der Waals surface area contributed by atoms with E-state index in [4.69, 9.17) is 4.74 Å². The molecule has 4 saturated carbocycles. The number of rotatable bonds is 5. The van der Waals surface area contributed by atoms with E-state index in [-0.39, 0.29) is 35.5 Å². The summed E-state index contributed by atoms with van der Waals surface area (Å²) in [5.41, 5.74) is 0.113. The summed E-state index contributed by atoms with van der Waals surface area (Å²) in [5, 5.41) is 2.65. The molecule has 0 unspecified atom stereocenters. The van der Waals surface area contributed by atoms with Gasteiger partial charge in [-0.3, -0.25) is 9.59 Å². The Morgan fingerprint density at radius 2 is 1.64 bits per heavy atom. The highest BCUT2D eigenvalue weighted by molar-refractivity contribution is 7.91. The molecule has 0 radical (unpaired) electrons. The van der Waals surface area contributed by atoms with E-state index in [0.29, 0.717) is 12.8 Å². The Morgan fingerprint density at radius 3 is 2.16 bits per heavy atom. The number of hydrogen-bond acceptors (Lipinski definition) is 5. The minimum atomic E-state index is -3.03. The van der Waals surface area contributed by atoms with Crippen molar-refractivity contribution in [3.8, 4) is 0 Å². The SMILES string of the molecule is O=C(COC(=O)CC12CC3CC(CC(C3)C1)C2)N[C@@H]1CCS(=O)(=O)C1. The molecule has 6 nitrogen and oxygen atoms in total. The third kappa shape index (κ3) is 3.86. The fourth-order valence-electron chi connectivity index (χ4n) is 6.19. The van der Waals surface area contributed by atoms with Crippen molar-refractivity contribution in [1.82, 2.24) is 5.32 Å². The van der Waals surface area contributed by atoms with Gasteiger partial charge in [-0.15, -0.1) is 0 Å². The van der Waals surface area contributed by atoms with Crippen LogP contribution in [0.3, 0.4) is 0 Å². The minimum absolute atomic E-state index is 0.0139. The fourth-order valence-corrected chi connectivity index (χ4v) is 7.86. The Labute approximate surface area is 149 Å². The van der Waals surface area contributed by atoms with Gasteiger partial charge in [-0.25, -0.2) is 8.42 Å². The Hall–Kier alpha value is -1.11. The van der Waals surface area contributed by atoms with Crippen molar-refractivity contribution in [2.75, 3.05) is 18.1 Å². The van der Waals surface area contributed by atoms with Crippen molar-refractivity contribution in [2.24, 2.45) is 23.2 Å². The molecule has 0 aromatic heterocycles. The van der Waals surface area contributed by atoms with E-state index in [1.807, 2.05) is 0 Å². The van der Waals surface area contributed by atoms with Crippen LogP contribution in [0.5, 0.6) is 0 Å². The average molecular weight is 369 g/mol. The average Bonchev–Trinajstić information content (AvgIpc) is 2.82. The third-order valence-corrected chi connectivity index (χ3v) is 8.41. The van der Waals surface area contributed by atoms with Crippen molar-refractivity contribution in [1.29, 1.82) is 0 Å². The van der Waals surface area contributed by atoms with Crippen LogP contribution in [0.25, 0.3) is 0 Å². The zero-order valence-electron chi connectivity index (χ0n) is 14.5. The molecule has 1 heterocycles. The van der Waals surface area contributed by atoms with Crippen LogP contribution in [-0.2, 0) is 24.2 Å². The van der Waals surface area contributed by atoms with Crippen LogP contribution in [0.1, 0.15) is 51.4 Å². The van der Waals surface area contributed by atoms with Crippen molar-refractivity contribution >= 4 is 21.7 Å². The van der Waals surface area contributed by atoms with Gasteiger partial charge in [0.2, 0.25) is 0 Å². The van der Waals surface area contributed by atoms with Crippen LogP contribution in [0.2, 0.25) is 0 Å². The van der Waals surface area contributed by atoms with Crippen LogP contribution in [-0.4, -0.2) is 44.4 Å². The van der Waals surface area contributed by atoms with Crippen LogP contribution < -0.4 is 5.32 Å². The maximum Gasteiger partial charge on any atom is 0.306 e. The minimum Gasteiger partial charge on any atom is -0.456 e. The monoisotopic (exact) mass is 369 g/mol. The molecule has 25 heavy (non-hydrogen) atoms. The maximum absolute atomic E-state index is 12.3. The number of carbonyl (C=O) groups excluding carboxylic acids is 2. The topological polar surface area (TPSA) is 89.5 Å². The molecule has 5 aliphatic rings. The van der Waals surface area contributed by atoms with Crippen LogP contribution >= 0.6 is 0 Å². The van der Waals surface area contributed by atoms with Gasteiger partial charge >= 0.3 is 5.97 Å². The first-order chi connectivity index (χ1) is 11.8. The zero-order valence-corrected chi connectivity index (χ0v) is 15.4. The highest BCUT2D eigenvalue weighted by Crippen LogP contribution is 2.61. The quantitative estimate of drug-likeness (QED) is 0.741. The van der Waals surface area contributed by atoms with Crippen LogP contribution in [0.4, 0.5) is 0 Å². The van der Waals surface area contributed by atoms with E-state index in [9.17, 15) is 18.0 Å². The van der Waals surface area contributed by atoms with Gasteiger partial charge in [0, 0.05) is 6.04 Å². The van der Waals surface area contributed by atoms with E-state index in [1.165, 1.54) is 19.3 Å². The van der Waals surface area contributed by atoms with Crippen molar-refractivity contribution in [2.45, 2.75) is 57.4 Å². The standard InChI is InChI=1S/C18H27NO5S/c20-16(19-15-1-2-25(22,23)11-15)10-24-17(21)9-18-6-12-3-13(7-18)5-14(4-12)8-18/h12-15H,1-11H2,(H,19,20)/t12?,13?,14?,15-,18?/m1/s1. The lowest BCUT2D eigenvalue weighted by molar-refractivity contribution is -0.155. The lowest BCUT2D eigenvalue weighted by Crippen LogP contribution is -2.47.